The number of aliphatic hydroxyl groups is 1. The van der Waals surface area contributed by atoms with Crippen molar-refractivity contribution >= 4 is 5.91 Å². The lowest BCUT2D eigenvalue weighted by molar-refractivity contribution is -0.126. The van der Waals surface area contributed by atoms with Crippen molar-refractivity contribution in [3.63, 3.8) is 0 Å². The normalized spacial score (nSPS) is 29.4. The second kappa shape index (κ2) is 5.57. The number of carbonyl (C=O) groups excluding carboxylic acids is 1. The number of fused-ring (bicyclic) bond motifs is 2. The first-order valence-corrected chi connectivity index (χ1v) is 7.68. The maximum absolute atomic E-state index is 12.2. The Morgan fingerprint density at radius 2 is 2.05 bits per heavy atom. The van der Waals surface area contributed by atoms with Crippen molar-refractivity contribution in [1.82, 2.24) is 5.32 Å². The standard InChI is InChI=1S/C17H23NO2/c1-11(19)14-5-2-12(3-6-14)10-18-17(20)16-9-13-4-7-15(16)8-13/h2-3,5-6,11,13,15-16,19H,4,7-10H2,1H3,(H,18,20)/t11-,13+,15+,16+/m1/s1. The lowest BCUT2D eigenvalue weighted by Gasteiger charge is -2.20. The van der Waals surface area contributed by atoms with Gasteiger partial charge in [0.25, 0.3) is 0 Å². The molecule has 0 radical (unpaired) electrons. The summed E-state index contributed by atoms with van der Waals surface area (Å²) < 4.78 is 0. The van der Waals surface area contributed by atoms with Gasteiger partial charge in [0.1, 0.15) is 0 Å². The Hall–Kier alpha value is -1.35. The minimum absolute atomic E-state index is 0.233. The third-order valence-electron chi connectivity index (χ3n) is 5.00. The van der Waals surface area contributed by atoms with Crippen molar-refractivity contribution in [3.05, 3.63) is 35.4 Å². The van der Waals surface area contributed by atoms with Gasteiger partial charge in [0.05, 0.1) is 6.10 Å². The van der Waals surface area contributed by atoms with Crippen LogP contribution in [0.5, 0.6) is 0 Å². The van der Waals surface area contributed by atoms with E-state index in [4.69, 9.17) is 0 Å². The Bertz CT molecular complexity index is 480. The van der Waals surface area contributed by atoms with E-state index < -0.39 is 6.10 Å². The Morgan fingerprint density at radius 1 is 1.30 bits per heavy atom. The molecule has 2 saturated carbocycles. The topological polar surface area (TPSA) is 49.3 Å². The predicted octanol–water partition coefficient (Wildman–Crippen LogP) is 2.79. The molecule has 2 aliphatic rings. The van der Waals surface area contributed by atoms with Crippen molar-refractivity contribution in [2.75, 3.05) is 0 Å². The van der Waals surface area contributed by atoms with Gasteiger partial charge in [-0.15, -0.1) is 0 Å². The maximum atomic E-state index is 12.2. The van der Waals surface area contributed by atoms with Gasteiger partial charge in [0, 0.05) is 12.5 Å². The highest BCUT2D eigenvalue weighted by atomic mass is 16.3. The summed E-state index contributed by atoms with van der Waals surface area (Å²) in [6.07, 6.45) is 4.49. The maximum Gasteiger partial charge on any atom is 0.223 e. The molecule has 3 heteroatoms. The number of aliphatic hydroxyl groups excluding tert-OH is 1. The number of hydrogen-bond donors (Lipinski definition) is 2. The smallest absolute Gasteiger partial charge is 0.223 e. The average Bonchev–Trinajstić information content (AvgIpc) is 3.08. The van der Waals surface area contributed by atoms with E-state index in [-0.39, 0.29) is 11.8 Å². The van der Waals surface area contributed by atoms with Crippen LogP contribution in [0.1, 0.15) is 49.8 Å². The van der Waals surface area contributed by atoms with Gasteiger partial charge in [-0.3, -0.25) is 4.79 Å². The van der Waals surface area contributed by atoms with Gasteiger partial charge in [-0.25, -0.2) is 0 Å². The van der Waals surface area contributed by atoms with Crippen molar-refractivity contribution in [1.29, 1.82) is 0 Å². The molecule has 2 N–H and O–H groups in total. The predicted molar refractivity (Wildman–Crippen MR) is 77.9 cm³/mol. The van der Waals surface area contributed by atoms with Crippen LogP contribution in [0.3, 0.4) is 0 Å². The summed E-state index contributed by atoms with van der Waals surface area (Å²) in [6.45, 7) is 2.35. The number of benzene rings is 1. The fourth-order valence-corrected chi connectivity index (χ4v) is 3.80. The monoisotopic (exact) mass is 273 g/mol. The molecule has 1 amide bonds. The first-order valence-electron chi connectivity index (χ1n) is 7.68. The third-order valence-corrected chi connectivity index (χ3v) is 5.00. The Balaban J connectivity index is 1.53. The quantitative estimate of drug-likeness (QED) is 0.886. The molecule has 1 aromatic rings. The zero-order chi connectivity index (χ0) is 14.1. The Labute approximate surface area is 120 Å². The molecular weight excluding hydrogens is 250 g/mol. The van der Waals surface area contributed by atoms with Gasteiger partial charge in [-0.1, -0.05) is 30.7 Å². The largest absolute Gasteiger partial charge is 0.389 e. The highest BCUT2D eigenvalue weighted by Gasteiger charge is 2.42. The fraction of sp³-hybridized carbons (Fsp3) is 0.588. The summed E-state index contributed by atoms with van der Waals surface area (Å²) in [5, 5.41) is 12.5. The molecule has 1 aromatic carbocycles. The Kier molecular flexibility index (Phi) is 3.79. The fourth-order valence-electron chi connectivity index (χ4n) is 3.80. The van der Waals surface area contributed by atoms with E-state index in [1.54, 1.807) is 6.92 Å². The molecule has 2 bridgehead atoms. The molecule has 0 saturated heterocycles. The van der Waals surface area contributed by atoms with Gasteiger partial charge in [0.2, 0.25) is 5.91 Å². The molecule has 0 unspecified atom stereocenters. The second-order valence-electron chi connectivity index (χ2n) is 6.42. The van der Waals surface area contributed by atoms with E-state index in [9.17, 15) is 9.90 Å². The Morgan fingerprint density at radius 3 is 2.60 bits per heavy atom. The van der Waals surface area contributed by atoms with Gasteiger partial charge >= 0.3 is 0 Å². The minimum Gasteiger partial charge on any atom is -0.389 e. The molecule has 0 spiro atoms. The van der Waals surface area contributed by atoms with E-state index >= 15 is 0 Å². The molecule has 3 rings (SSSR count). The van der Waals surface area contributed by atoms with Gasteiger partial charge < -0.3 is 10.4 Å². The van der Waals surface area contributed by atoms with Crippen LogP contribution < -0.4 is 5.32 Å². The van der Waals surface area contributed by atoms with Crippen LogP contribution in [0, 0.1) is 17.8 Å². The summed E-state index contributed by atoms with van der Waals surface area (Å²) in [6, 6.07) is 7.79. The number of nitrogens with one attached hydrogen (secondary N) is 1. The van der Waals surface area contributed by atoms with Crippen LogP contribution in [0.15, 0.2) is 24.3 Å². The van der Waals surface area contributed by atoms with E-state index in [1.165, 1.54) is 19.3 Å². The zero-order valence-corrected chi connectivity index (χ0v) is 12.0. The first kappa shape index (κ1) is 13.6. The molecule has 0 aliphatic heterocycles. The summed E-state index contributed by atoms with van der Waals surface area (Å²) in [7, 11) is 0. The highest BCUT2D eigenvalue weighted by molar-refractivity contribution is 5.79. The molecule has 0 aromatic heterocycles. The molecule has 4 atom stereocenters. The van der Waals surface area contributed by atoms with Crippen LogP contribution in [0.25, 0.3) is 0 Å². The lowest BCUT2D eigenvalue weighted by Crippen LogP contribution is -2.33. The van der Waals surface area contributed by atoms with Crippen molar-refractivity contribution in [2.45, 2.75) is 45.3 Å². The average molecular weight is 273 g/mol. The van der Waals surface area contributed by atoms with E-state index in [1.807, 2.05) is 24.3 Å². The number of hydrogen-bond acceptors (Lipinski definition) is 2. The van der Waals surface area contributed by atoms with Crippen molar-refractivity contribution in [2.24, 2.45) is 17.8 Å². The van der Waals surface area contributed by atoms with Crippen LogP contribution >= 0.6 is 0 Å². The third kappa shape index (κ3) is 2.73. The molecule has 3 nitrogen and oxygen atoms in total. The van der Waals surface area contributed by atoms with Crippen molar-refractivity contribution < 1.29 is 9.90 Å². The van der Waals surface area contributed by atoms with Crippen LogP contribution in [-0.2, 0) is 11.3 Å². The molecule has 2 fully saturated rings. The van der Waals surface area contributed by atoms with E-state index in [2.05, 4.69) is 5.32 Å². The number of amides is 1. The van der Waals surface area contributed by atoms with Gasteiger partial charge in [0.15, 0.2) is 0 Å². The van der Waals surface area contributed by atoms with Crippen molar-refractivity contribution in [3.8, 4) is 0 Å². The van der Waals surface area contributed by atoms with E-state index in [0.29, 0.717) is 12.5 Å². The highest BCUT2D eigenvalue weighted by Crippen LogP contribution is 2.48. The molecule has 2 aliphatic carbocycles. The summed E-state index contributed by atoms with van der Waals surface area (Å²) in [5.41, 5.74) is 2.00. The second-order valence-corrected chi connectivity index (χ2v) is 6.42. The van der Waals surface area contributed by atoms with Gasteiger partial charge in [-0.2, -0.15) is 0 Å². The van der Waals surface area contributed by atoms with Crippen LogP contribution in [0.2, 0.25) is 0 Å². The first-order chi connectivity index (χ1) is 9.63. The zero-order valence-electron chi connectivity index (χ0n) is 12.0. The molecular formula is C17H23NO2. The van der Waals surface area contributed by atoms with Crippen LogP contribution in [0.4, 0.5) is 0 Å². The van der Waals surface area contributed by atoms with E-state index in [0.717, 1.165) is 23.5 Å². The van der Waals surface area contributed by atoms with Gasteiger partial charge in [-0.05, 0) is 49.1 Å². The molecule has 0 heterocycles. The molecule has 108 valence electrons. The lowest BCUT2D eigenvalue weighted by atomic mass is 9.88. The SMILES string of the molecule is C[C@@H](O)c1ccc(CNC(=O)[C@H]2C[C@H]3CC[C@H]2C3)cc1. The summed E-state index contributed by atoms with van der Waals surface area (Å²) >= 11 is 0. The number of rotatable bonds is 4. The number of carbonyl (C=O) groups is 1. The van der Waals surface area contributed by atoms with Crippen LogP contribution in [-0.4, -0.2) is 11.0 Å². The summed E-state index contributed by atoms with van der Waals surface area (Å²) in [4.78, 5) is 12.2. The minimum atomic E-state index is -0.437. The summed E-state index contributed by atoms with van der Waals surface area (Å²) in [5.74, 6) is 1.93. The molecule has 20 heavy (non-hydrogen) atoms.